The molecule has 0 atom stereocenters. The summed E-state index contributed by atoms with van der Waals surface area (Å²) in [6.07, 6.45) is 3.62. The van der Waals surface area contributed by atoms with Crippen molar-refractivity contribution in [1.29, 1.82) is 0 Å². The Hall–Kier alpha value is -1.11. The standard InChI is InChI=1S/C9H9IN4/c1-6-8(4-12-11)14-5-7(10)2-3-9(14)13-6/h2-5H,11H2,1H3/b12-4+. The number of hydrogen-bond acceptors (Lipinski definition) is 3. The Bertz CT molecular complexity index is 501. The van der Waals surface area contributed by atoms with Crippen molar-refractivity contribution >= 4 is 34.5 Å². The van der Waals surface area contributed by atoms with E-state index >= 15 is 0 Å². The molecular formula is C9H9IN4. The third kappa shape index (κ3) is 1.47. The first-order valence-electron chi connectivity index (χ1n) is 4.10. The highest BCUT2D eigenvalue weighted by molar-refractivity contribution is 14.1. The summed E-state index contributed by atoms with van der Waals surface area (Å²) in [4.78, 5) is 4.39. The van der Waals surface area contributed by atoms with E-state index in [1.165, 1.54) is 0 Å². The molecule has 0 unspecified atom stereocenters. The van der Waals surface area contributed by atoms with E-state index in [-0.39, 0.29) is 0 Å². The van der Waals surface area contributed by atoms with Crippen LogP contribution >= 0.6 is 22.6 Å². The number of hydrogen-bond donors (Lipinski definition) is 1. The Morgan fingerprint density at radius 1 is 1.57 bits per heavy atom. The maximum absolute atomic E-state index is 5.14. The van der Waals surface area contributed by atoms with Crippen LogP contribution in [0.5, 0.6) is 0 Å². The molecule has 0 spiro atoms. The molecule has 0 aromatic carbocycles. The van der Waals surface area contributed by atoms with Gasteiger partial charge >= 0.3 is 0 Å². The normalized spacial score (nSPS) is 11.6. The highest BCUT2D eigenvalue weighted by atomic mass is 127. The molecule has 72 valence electrons. The zero-order chi connectivity index (χ0) is 10.1. The second-order valence-corrected chi connectivity index (χ2v) is 4.18. The fourth-order valence-corrected chi connectivity index (χ4v) is 1.84. The van der Waals surface area contributed by atoms with Gasteiger partial charge in [0, 0.05) is 9.77 Å². The molecule has 0 bridgehead atoms. The van der Waals surface area contributed by atoms with Crippen molar-refractivity contribution in [2.75, 3.05) is 0 Å². The molecule has 2 heterocycles. The second-order valence-electron chi connectivity index (χ2n) is 2.94. The van der Waals surface area contributed by atoms with E-state index in [9.17, 15) is 0 Å². The van der Waals surface area contributed by atoms with Gasteiger partial charge in [-0.05, 0) is 41.6 Å². The highest BCUT2D eigenvalue weighted by Crippen LogP contribution is 2.12. The molecule has 0 aliphatic rings. The Balaban J connectivity index is 2.79. The predicted molar refractivity (Wildman–Crippen MR) is 64.4 cm³/mol. The SMILES string of the molecule is Cc1nc2ccc(I)cn2c1/C=N/N. The summed E-state index contributed by atoms with van der Waals surface area (Å²) < 4.78 is 3.13. The molecular weight excluding hydrogens is 291 g/mol. The molecule has 0 aliphatic carbocycles. The van der Waals surface area contributed by atoms with Crippen LogP contribution in [-0.4, -0.2) is 15.6 Å². The van der Waals surface area contributed by atoms with Crippen LogP contribution in [0.15, 0.2) is 23.4 Å². The zero-order valence-electron chi connectivity index (χ0n) is 7.61. The van der Waals surface area contributed by atoms with E-state index in [1.54, 1.807) is 6.21 Å². The molecule has 2 aromatic heterocycles. The van der Waals surface area contributed by atoms with Gasteiger partial charge in [0.2, 0.25) is 0 Å². The highest BCUT2D eigenvalue weighted by Gasteiger charge is 2.05. The summed E-state index contributed by atoms with van der Waals surface area (Å²) in [6, 6.07) is 3.99. The Kier molecular flexibility index (Phi) is 2.40. The fourth-order valence-electron chi connectivity index (χ4n) is 1.38. The number of hydrazone groups is 1. The summed E-state index contributed by atoms with van der Waals surface area (Å²) >= 11 is 2.26. The van der Waals surface area contributed by atoms with Gasteiger partial charge in [-0.3, -0.25) is 4.40 Å². The summed E-state index contributed by atoms with van der Waals surface area (Å²) in [7, 11) is 0. The lowest BCUT2D eigenvalue weighted by Crippen LogP contribution is -1.95. The minimum Gasteiger partial charge on any atom is -0.323 e. The number of aromatic nitrogens is 2. The molecule has 0 aliphatic heterocycles. The molecule has 0 saturated carbocycles. The molecule has 0 radical (unpaired) electrons. The van der Waals surface area contributed by atoms with E-state index in [0.717, 1.165) is 20.6 Å². The van der Waals surface area contributed by atoms with Crippen molar-refractivity contribution in [3.05, 3.63) is 33.3 Å². The van der Waals surface area contributed by atoms with Gasteiger partial charge in [-0.2, -0.15) is 5.10 Å². The number of imidazole rings is 1. The lowest BCUT2D eigenvalue weighted by molar-refractivity contribution is 1.14. The van der Waals surface area contributed by atoms with E-state index < -0.39 is 0 Å². The number of fused-ring (bicyclic) bond motifs is 1. The van der Waals surface area contributed by atoms with Crippen molar-refractivity contribution in [3.63, 3.8) is 0 Å². The van der Waals surface area contributed by atoms with Gasteiger partial charge in [0.25, 0.3) is 0 Å². The van der Waals surface area contributed by atoms with Crippen LogP contribution in [0.25, 0.3) is 5.65 Å². The molecule has 0 saturated heterocycles. The summed E-state index contributed by atoms with van der Waals surface area (Å²) in [5.74, 6) is 5.14. The van der Waals surface area contributed by atoms with Crippen molar-refractivity contribution in [3.8, 4) is 0 Å². The summed E-state index contributed by atoms with van der Waals surface area (Å²) in [5, 5.41) is 3.53. The van der Waals surface area contributed by atoms with Gasteiger partial charge < -0.3 is 5.84 Å². The monoisotopic (exact) mass is 300 g/mol. The van der Waals surface area contributed by atoms with Gasteiger partial charge in [-0.25, -0.2) is 4.98 Å². The Morgan fingerprint density at radius 2 is 2.36 bits per heavy atom. The third-order valence-electron chi connectivity index (χ3n) is 2.00. The first-order chi connectivity index (χ1) is 6.72. The number of nitrogens with zero attached hydrogens (tertiary/aromatic N) is 3. The van der Waals surface area contributed by atoms with Crippen LogP contribution in [0.4, 0.5) is 0 Å². The van der Waals surface area contributed by atoms with Crippen LogP contribution in [0.2, 0.25) is 0 Å². The molecule has 2 aromatic rings. The quantitative estimate of drug-likeness (QED) is 0.376. The number of halogens is 1. The number of nitrogens with two attached hydrogens (primary N) is 1. The average Bonchev–Trinajstić information content (AvgIpc) is 2.45. The zero-order valence-corrected chi connectivity index (χ0v) is 9.76. The predicted octanol–water partition coefficient (Wildman–Crippen LogP) is 1.54. The summed E-state index contributed by atoms with van der Waals surface area (Å²) in [6.45, 7) is 1.94. The molecule has 0 fully saturated rings. The van der Waals surface area contributed by atoms with E-state index in [1.807, 2.05) is 29.7 Å². The molecule has 4 nitrogen and oxygen atoms in total. The number of rotatable bonds is 1. The second kappa shape index (κ2) is 3.56. The summed E-state index contributed by atoms with van der Waals surface area (Å²) in [5.41, 5.74) is 2.78. The molecule has 2 N–H and O–H groups in total. The van der Waals surface area contributed by atoms with E-state index in [0.29, 0.717) is 0 Å². The third-order valence-corrected chi connectivity index (χ3v) is 2.64. The van der Waals surface area contributed by atoms with Crippen molar-refractivity contribution in [2.24, 2.45) is 10.9 Å². The van der Waals surface area contributed by atoms with Crippen LogP contribution in [0, 0.1) is 10.5 Å². The lowest BCUT2D eigenvalue weighted by atomic mass is 10.4. The smallest absolute Gasteiger partial charge is 0.137 e. The maximum Gasteiger partial charge on any atom is 0.137 e. The Labute approximate surface area is 95.0 Å². The largest absolute Gasteiger partial charge is 0.323 e. The van der Waals surface area contributed by atoms with Crippen molar-refractivity contribution in [2.45, 2.75) is 6.92 Å². The fraction of sp³-hybridized carbons (Fsp3) is 0.111. The van der Waals surface area contributed by atoms with Crippen molar-refractivity contribution in [1.82, 2.24) is 9.38 Å². The van der Waals surface area contributed by atoms with Gasteiger partial charge in [0.15, 0.2) is 0 Å². The van der Waals surface area contributed by atoms with Crippen LogP contribution in [0.3, 0.4) is 0 Å². The maximum atomic E-state index is 5.14. The van der Waals surface area contributed by atoms with Gasteiger partial charge in [-0.1, -0.05) is 0 Å². The molecule has 5 heteroatoms. The lowest BCUT2D eigenvalue weighted by Gasteiger charge is -1.96. The number of aryl methyl sites for hydroxylation is 1. The van der Waals surface area contributed by atoms with E-state index in [2.05, 4.69) is 32.7 Å². The van der Waals surface area contributed by atoms with Crippen LogP contribution in [0.1, 0.15) is 11.4 Å². The molecule has 0 amide bonds. The van der Waals surface area contributed by atoms with Crippen LogP contribution < -0.4 is 5.84 Å². The van der Waals surface area contributed by atoms with Gasteiger partial charge in [-0.15, -0.1) is 0 Å². The molecule has 2 rings (SSSR count). The number of pyridine rings is 1. The topological polar surface area (TPSA) is 55.7 Å². The minimum absolute atomic E-state index is 0.915. The van der Waals surface area contributed by atoms with Crippen molar-refractivity contribution < 1.29 is 0 Å². The first kappa shape index (κ1) is 9.45. The molecule has 14 heavy (non-hydrogen) atoms. The van der Waals surface area contributed by atoms with Gasteiger partial charge in [0.05, 0.1) is 17.6 Å². The first-order valence-corrected chi connectivity index (χ1v) is 5.17. The average molecular weight is 300 g/mol. The van der Waals surface area contributed by atoms with Gasteiger partial charge in [0.1, 0.15) is 5.65 Å². The van der Waals surface area contributed by atoms with E-state index in [4.69, 9.17) is 5.84 Å². The Morgan fingerprint density at radius 3 is 3.07 bits per heavy atom. The minimum atomic E-state index is 0.915. The van der Waals surface area contributed by atoms with Crippen LogP contribution in [-0.2, 0) is 0 Å².